The number of hydrogen-bond acceptors (Lipinski definition) is 7. The molecule has 9 heteroatoms. The fraction of sp³-hybridized carbons (Fsp3) is 0.258. The van der Waals surface area contributed by atoms with Crippen molar-refractivity contribution >= 4 is 46.2 Å². The molecular formula is C31H27N5O4. The fourth-order valence-corrected chi connectivity index (χ4v) is 6.23. The zero-order chi connectivity index (χ0) is 27.4. The Morgan fingerprint density at radius 1 is 0.925 bits per heavy atom. The van der Waals surface area contributed by atoms with Gasteiger partial charge in [0.15, 0.2) is 0 Å². The number of imide groups is 1. The number of para-hydroxylation sites is 2. The molecule has 0 radical (unpaired) electrons. The number of rotatable bonds is 6. The zero-order valence-corrected chi connectivity index (χ0v) is 21.9. The predicted octanol–water partition coefficient (Wildman–Crippen LogP) is 4.34. The molecule has 3 aromatic carbocycles. The summed E-state index contributed by atoms with van der Waals surface area (Å²) >= 11 is 0. The topological polar surface area (TPSA) is 97.6 Å². The maximum atomic E-state index is 14.3. The third-order valence-corrected chi connectivity index (χ3v) is 8.09. The van der Waals surface area contributed by atoms with E-state index in [1.807, 2.05) is 53.5 Å². The van der Waals surface area contributed by atoms with Gasteiger partial charge < -0.3 is 9.64 Å². The van der Waals surface area contributed by atoms with E-state index in [1.165, 1.54) is 9.58 Å². The van der Waals surface area contributed by atoms with Crippen LogP contribution in [0, 0.1) is 11.8 Å². The van der Waals surface area contributed by atoms with Gasteiger partial charge in [0.05, 0.1) is 35.7 Å². The van der Waals surface area contributed by atoms with E-state index in [0.29, 0.717) is 29.1 Å². The van der Waals surface area contributed by atoms with Crippen LogP contribution in [0.15, 0.2) is 78.9 Å². The molecule has 2 saturated heterocycles. The lowest BCUT2D eigenvalue weighted by Crippen LogP contribution is -2.50. The van der Waals surface area contributed by atoms with E-state index in [1.54, 1.807) is 36.4 Å². The maximum absolute atomic E-state index is 14.3. The van der Waals surface area contributed by atoms with Crippen LogP contribution in [0.5, 0.6) is 5.75 Å². The molecule has 2 fully saturated rings. The minimum atomic E-state index is -0.940. The normalized spacial score (nSPS) is 22.9. The second-order valence-electron chi connectivity index (χ2n) is 10.3. The first-order valence-electron chi connectivity index (χ1n) is 13.6. The Balaban J connectivity index is 1.29. The lowest BCUT2D eigenvalue weighted by molar-refractivity contribution is -0.122. The molecule has 0 bridgehead atoms. The van der Waals surface area contributed by atoms with Gasteiger partial charge in [-0.2, -0.15) is 4.68 Å². The number of amides is 2. The average molecular weight is 534 g/mol. The molecule has 4 heterocycles. The molecule has 0 saturated carbocycles. The predicted molar refractivity (Wildman–Crippen MR) is 150 cm³/mol. The third-order valence-electron chi connectivity index (χ3n) is 8.09. The van der Waals surface area contributed by atoms with Gasteiger partial charge in [-0.3, -0.25) is 14.4 Å². The van der Waals surface area contributed by atoms with Crippen molar-refractivity contribution in [2.24, 2.45) is 11.8 Å². The number of nitrogens with zero attached hydrogens (tertiary/aromatic N) is 5. The van der Waals surface area contributed by atoms with E-state index in [2.05, 4.69) is 17.2 Å². The minimum absolute atomic E-state index is 0.313. The molecule has 1 aromatic heterocycles. The average Bonchev–Trinajstić information content (AvgIpc) is 3.64. The quantitative estimate of drug-likeness (QED) is 0.269. The lowest BCUT2D eigenvalue weighted by Gasteiger charge is -2.36. The molecule has 200 valence electrons. The highest BCUT2D eigenvalue weighted by Crippen LogP contribution is 2.49. The van der Waals surface area contributed by atoms with Gasteiger partial charge >= 0.3 is 0 Å². The van der Waals surface area contributed by atoms with Gasteiger partial charge in [0, 0.05) is 5.69 Å². The summed E-state index contributed by atoms with van der Waals surface area (Å²) in [5, 5.41) is 8.32. The molecule has 4 atom stereocenters. The van der Waals surface area contributed by atoms with Crippen LogP contribution < -0.4 is 14.5 Å². The molecule has 0 N–H and O–H groups in total. The Hall–Kier alpha value is -4.79. The summed E-state index contributed by atoms with van der Waals surface area (Å²) in [5.41, 5.74) is 3.35. The van der Waals surface area contributed by atoms with E-state index in [-0.39, 0.29) is 11.8 Å². The van der Waals surface area contributed by atoms with Crippen molar-refractivity contribution in [2.75, 3.05) is 16.4 Å². The Labute approximate surface area is 230 Å². The Morgan fingerprint density at radius 3 is 2.50 bits per heavy atom. The van der Waals surface area contributed by atoms with E-state index in [9.17, 15) is 14.4 Å². The van der Waals surface area contributed by atoms with Crippen molar-refractivity contribution in [1.29, 1.82) is 0 Å². The number of fused-ring (bicyclic) bond motifs is 6. The number of unbranched alkanes of at least 4 members (excludes halogenated alkanes) is 1. The zero-order valence-electron chi connectivity index (χ0n) is 21.9. The number of carbonyl (C=O) groups is 3. The van der Waals surface area contributed by atoms with Crippen LogP contribution in [-0.2, 0) is 9.59 Å². The van der Waals surface area contributed by atoms with Crippen molar-refractivity contribution in [1.82, 2.24) is 15.0 Å². The SMILES string of the molecule is CCCCOc1ccc(N2C(=O)[C@@H]3[C@H](C2=O)[C@H](C(=O)n2nnc4ccccc42)N2c4ccccc4C=C[C@@H]32)cc1. The highest BCUT2D eigenvalue weighted by atomic mass is 16.5. The molecule has 0 aliphatic carbocycles. The summed E-state index contributed by atoms with van der Waals surface area (Å²) in [7, 11) is 0. The van der Waals surface area contributed by atoms with Crippen molar-refractivity contribution in [3.05, 3.63) is 84.4 Å². The first-order chi connectivity index (χ1) is 19.6. The van der Waals surface area contributed by atoms with Gasteiger partial charge in [0.25, 0.3) is 5.91 Å². The van der Waals surface area contributed by atoms with Crippen LogP contribution in [0.4, 0.5) is 11.4 Å². The van der Waals surface area contributed by atoms with Gasteiger partial charge in [-0.05, 0) is 54.4 Å². The summed E-state index contributed by atoms with van der Waals surface area (Å²) in [5.74, 6) is -2.02. The first-order valence-corrected chi connectivity index (χ1v) is 13.6. The van der Waals surface area contributed by atoms with Crippen molar-refractivity contribution < 1.29 is 19.1 Å². The molecule has 40 heavy (non-hydrogen) atoms. The lowest BCUT2D eigenvalue weighted by atomic mass is 9.88. The van der Waals surface area contributed by atoms with E-state index in [4.69, 9.17) is 4.74 Å². The Bertz CT molecular complexity index is 1680. The van der Waals surface area contributed by atoms with Crippen LogP contribution >= 0.6 is 0 Å². The van der Waals surface area contributed by atoms with E-state index in [0.717, 1.165) is 24.1 Å². The molecule has 9 nitrogen and oxygen atoms in total. The number of aromatic nitrogens is 3. The smallest absolute Gasteiger partial charge is 0.272 e. The molecule has 0 spiro atoms. The molecule has 7 rings (SSSR count). The molecule has 0 unspecified atom stereocenters. The van der Waals surface area contributed by atoms with E-state index < -0.39 is 29.8 Å². The highest BCUT2D eigenvalue weighted by molar-refractivity contribution is 6.25. The van der Waals surface area contributed by atoms with Crippen molar-refractivity contribution in [2.45, 2.75) is 31.8 Å². The largest absolute Gasteiger partial charge is 0.494 e. The Kier molecular flexibility index (Phi) is 5.73. The van der Waals surface area contributed by atoms with Crippen LogP contribution in [0.1, 0.15) is 30.1 Å². The summed E-state index contributed by atoms with van der Waals surface area (Å²) in [6.07, 6.45) is 5.87. The second kappa shape index (κ2) is 9.44. The fourth-order valence-electron chi connectivity index (χ4n) is 6.23. The number of hydrogen-bond donors (Lipinski definition) is 0. The summed E-state index contributed by atoms with van der Waals surface area (Å²) in [4.78, 5) is 45.6. The minimum Gasteiger partial charge on any atom is -0.494 e. The van der Waals surface area contributed by atoms with Crippen molar-refractivity contribution in [3.63, 3.8) is 0 Å². The molecule has 2 amide bonds. The monoisotopic (exact) mass is 533 g/mol. The number of anilines is 2. The van der Waals surface area contributed by atoms with Crippen molar-refractivity contribution in [3.8, 4) is 5.75 Å². The highest BCUT2D eigenvalue weighted by Gasteiger charge is 2.64. The van der Waals surface area contributed by atoms with Gasteiger partial charge in [0.2, 0.25) is 11.8 Å². The number of carbonyl (C=O) groups excluding carboxylic acids is 3. The molecule has 3 aliphatic rings. The molecule has 4 aromatic rings. The number of benzene rings is 3. The van der Waals surface area contributed by atoms with Crippen LogP contribution in [0.2, 0.25) is 0 Å². The second-order valence-corrected chi connectivity index (χ2v) is 10.3. The summed E-state index contributed by atoms with van der Waals surface area (Å²) in [6.45, 7) is 2.70. The van der Waals surface area contributed by atoms with Gasteiger partial charge in [-0.15, -0.1) is 5.10 Å². The summed E-state index contributed by atoms with van der Waals surface area (Å²) < 4.78 is 7.02. The van der Waals surface area contributed by atoms with Gasteiger partial charge in [-0.1, -0.05) is 61.0 Å². The van der Waals surface area contributed by atoms with Gasteiger partial charge in [-0.25, -0.2) is 4.90 Å². The Morgan fingerprint density at radius 2 is 1.68 bits per heavy atom. The molecular weight excluding hydrogens is 506 g/mol. The summed E-state index contributed by atoms with van der Waals surface area (Å²) in [6, 6.07) is 20.5. The number of ether oxygens (including phenoxy) is 1. The van der Waals surface area contributed by atoms with Crippen LogP contribution in [0.3, 0.4) is 0 Å². The van der Waals surface area contributed by atoms with E-state index >= 15 is 0 Å². The van der Waals surface area contributed by atoms with Gasteiger partial charge in [0.1, 0.15) is 17.3 Å². The maximum Gasteiger partial charge on any atom is 0.272 e. The standard InChI is InChI=1S/C31H27N5O4/c1-2-3-18-40-21-15-13-20(14-16-21)34-29(37)26-25-17-12-19-8-4-6-10-23(19)35(25)28(27(26)30(34)38)31(39)36-24-11-7-5-9-22(24)32-33-36/h4-17,25-28H,2-3,18H2,1H3/t25-,26-,27-,28+/m0/s1. The van der Waals surface area contributed by atoms with Crippen LogP contribution in [-0.4, -0.2) is 51.4 Å². The first kappa shape index (κ1) is 24.3. The van der Waals surface area contributed by atoms with Crippen LogP contribution in [0.25, 0.3) is 17.1 Å². The third kappa shape index (κ3) is 3.57. The molecule has 3 aliphatic heterocycles.